The topological polar surface area (TPSA) is 144 Å². The molecule has 1 aromatic carbocycles. The molecule has 0 bridgehead atoms. The molecule has 0 saturated carbocycles. The summed E-state index contributed by atoms with van der Waals surface area (Å²) < 4.78 is 19.9. The van der Waals surface area contributed by atoms with Gasteiger partial charge in [-0.05, 0) is 55.3 Å². The number of aliphatic hydroxyl groups is 1. The number of nitrogens with zero attached hydrogens (tertiary/aromatic N) is 4. The molecule has 210 valence electrons. The van der Waals surface area contributed by atoms with Gasteiger partial charge in [0.05, 0.1) is 12.7 Å². The molecule has 12 heteroatoms. The van der Waals surface area contributed by atoms with Crippen molar-refractivity contribution < 1.29 is 28.6 Å². The number of hydrogen-bond acceptors (Lipinski definition) is 8. The van der Waals surface area contributed by atoms with E-state index in [9.17, 15) is 24.3 Å². The second-order valence-electron chi connectivity index (χ2n) is 9.71. The molecule has 4 heterocycles. The lowest BCUT2D eigenvalue weighted by Crippen LogP contribution is -2.41. The van der Waals surface area contributed by atoms with E-state index >= 15 is 0 Å². The van der Waals surface area contributed by atoms with Gasteiger partial charge in [-0.25, -0.2) is 14.4 Å². The first-order chi connectivity index (χ1) is 19.7. The van der Waals surface area contributed by atoms with Crippen LogP contribution in [0.25, 0.3) is 11.3 Å². The highest BCUT2D eigenvalue weighted by molar-refractivity contribution is 6.02. The van der Waals surface area contributed by atoms with Gasteiger partial charge in [0.1, 0.15) is 23.1 Å². The zero-order valence-corrected chi connectivity index (χ0v) is 22.3. The highest BCUT2D eigenvalue weighted by Gasteiger charge is 2.28. The molecule has 0 radical (unpaired) electrons. The van der Waals surface area contributed by atoms with E-state index in [-0.39, 0.29) is 42.2 Å². The maximum atomic E-state index is 13.4. The minimum atomic E-state index is -0.669. The first kappa shape index (κ1) is 27.5. The van der Waals surface area contributed by atoms with Crippen molar-refractivity contribution in [1.82, 2.24) is 9.97 Å². The molecule has 5 rings (SSSR count). The second kappa shape index (κ2) is 11.6. The van der Waals surface area contributed by atoms with Crippen molar-refractivity contribution in [1.29, 1.82) is 0 Å². The molecule has 11 nitrogen and oxygen atoms in total. The van der Waals surface area contributed by atoms with Crippen molar-refractivity contribution in [3.05, 3.63) is 89.3 Å². The van der Waals surface area contributed by atoms with Crippen LogP contribution in [-0.2, 0) is 4.79 Å². The third-order valence-corrected chi connectivity index (χ3v) is 6.48. The molecule has 2 amide bonds. The van der Waals surface area contributed by atoms with Crippen LogP contribution in [0.4, 0.5) is 21.7 Å². The average Bonchev–Trinajstić information content (AvgIpc) is 2.95. The molecule has 4 aromatic rings. The molecule has 0 saturated heterocycles. The lowest BCUT2D eigenvalue weighted by atomic mass is 10.1. The number of aromatic nitrogens is 3. The number of benzene rings is 1. The van der Waals surface area contributed by atoms with Crippen LogP contribution >= 0.6 is 0 Å². The number of anilines is 3. The van der Waals surface area contributed by atoms with Gasteiger partial charge in [0.2, 0.25) is 11.6 Å². The zero-order valence-electron chi connectivity index (χ0n) is 22.3. The fraction of sp³-hybridized carbons (Fsp3) is 0.207. The number of ether oxygens (including phenoxy) is 1. The summed E-state index contributed by atoms with van der Waals surface area (Å²) in [5.74, 6) is -0.0716. The summed E-state index contributed by atoms with van der Waals surface area (Å²) in [4.78, 5) is 35.4. The second-order valence-corrected chi connectivity index (χ2v) is 9.71. The number of fused-ring (bicyclic) bond motifs is 1. The Balaban J connectivity index is 1.34. The molecule has 0 aliphatic carbocycles. The minimum Gasteiger partial charge on any atom is -0.618 e. The van der Waals surface area contributed by atoms with E-state index in [0.29, 0.717) is 45.4 Å². The summed E-state index contributed by atoms with van der Waals surface area (Å²) >= 11 is 0. The van der Waals surface area contributed by atoms with Gasteiger partial charge >= 0.3 is 5.91 Å². The van der Waals surface area contributed by atoms with Gasteiger partial charge in [0, 0.05) is 42.6 Å². The third kappa shape index (κ3) is 5.92. The molecule has 1 atom stereocenters. The maximum absolute atomic E-state index is 13.4. The number of carbonyl (C=O) groups is 2. The minimum absolute atomic E-state index is 0.0382. The smallest absolute Gasteiger partial charge is 0.322 e. The van der Waals surface area contributed by atoms with Crippen LogP contribution in [0.3, 0.4) is 0 Å². The summed E-state index contributed by atoms with van der Waals surface area (Å²) in [6, 6.07) is 13.3. The predicted molar refractivity (Wildman–Crippen MR) is 149 cm³/mol. The predicted octanol–water partition coefficient (Wildman–Crippen LogP) is 3.66. The number of aryl methyl sites for hydroxylation is 1. The van der Waals surface area contributed by atoms with E-state index in [2.05, 4.69) is 20.6 Å². The normalized spacial score (nSPS) is 13.3. The number of nitrogens with one attached hydrogen (secondary N) is 2. The number of pyridine rings is 3. The Bertz CT molecular complexity index is 1600. The van der Waals surface area contributed by atoms with Gasteiger partial charge in [0.25, 0.3) is 5.69 Å². The summed E-state index contributed by atoms with van der Waals surface area (Å²) in [5, 5.41) is 27.9. The van der Waals surface area contributed by atoms with Crippen molar-refractivity contribution in [2.24, 2.45) is 5.92 Å². The zero-order chi connectivity index (χ0) is 29.1. The Morgan fingerprint density at radius 3 is 2.68 bits per heavy atom. The van der Waals surface area contributed by atoms with Crippen LogP contribution in [0.2, 0.25) is 0 Å². The fourth-order valence-corrected chi connectivity index (χ4v) is 4.50. The van der Waals surface area contributed by atoms with Crippen LogP contribution in [0.15, 0.2) is 67.0 Å². The van der Waals surface area contributed by atoms with E-state index in [1.54, 1.807) is 30.0 Å². The lowest BCUT2D eigenvalue weighted by molar-refractivity contribution is -0.596. The van der Waals surface area contributed by atoms with Crippen molar-refractivity contribution >= 4 is 29.1 Å². The number of halogens is 1. The van der Waals surface area contributed by atoms with Gasteiger partial charge in [-0.2, -0.15) is 4.73 Å². The van der Waals surface area contributed by atoms with Crippen LogP contribution in [0.1, 0.15) is 23.0 Å². The van der Waals surface area contributed by atoms with Crippen LogP contribution in [0.5, 0.6) is 11.5 Å². The summed E-state index contributed by atoms with van der Waals surface area (Å²) in [7, 11) is 0. The monoisotopic (exact) mass is 558 g/mol. The summed E-state index contributed by atoms with van der Waals surface area (Å²) in [5.41, 5.74) is 1.79. The van der Waals surface area contributed by atoms with Crippen LogP contribution in [-0.4, -0.2) is 46.6 Å². The van der Waals surface area contributed by atoms with Crippen molar-refractivity contribution in [2.45, 2.75) is 13.8 Å². The molecule has 3 N–H and O–H groups in total. The molecular weight excluding hydrogens is 531 g/mol. The SMILES string of the molecule is Cc1ccc(C(=O)Nc2ccc(Oc3ccnc4c3N(C[C@H](C)CO)CC(=O)N4)cn2)[n+]([O-])c1-c1ccc(F)cc1. The fourth-order valence-electron chi connectivity index (χ4n) is 4.50. The van der Waals surface area contributed by atoms with Crippen LogP contribution < -0.4 is 25.0 Å². The Hall–Kier alpha value is -5.10. The number of amides is 2. The van der Waals surface area contributed by atoms with Crippen molar-refractivity contribution in [2.75, 3.05) is 35.2 Å². The number of aliphatic hydroxyl groups excluding tert-OH is 1. The van der Waals surface area contributed by atoms with E-state index in [1.807, 2.05) is 6.92 Å². The Kier molecular flexibility index (Phi) is 7.74. The highest BCUT2D eigenvalue weighted by atomic mass is 19.1. The van der Waals surface area contributed by atoms with E-state index in [0.717, 1.165) is 0 Å². The van der Waals surface area contributed by atoms with Gasteiger partial charge in [-0.3, -0.25) is 9.59 Å². The summed E-state index contributed by atoms with van der Waals surface area (Å²) in [6.07, 6.45) is 2.92. The van der Waals surface area contributed by atoms with Crippen LogP contribution in [0, 0.1) is 23.9 Å². The van der Waals surface area contributed by atoms with Gasteiger partial charge in [0.15, 0.2) is 11.6 Å². The summed E-state index contributed by atoms with van der Waals surface area (Å²) in [6.45, 7) is 4.07. The highest BCUT2D eigenvalue weighted by Crippen LogP contribution is 2.39. The maximum Gasteiger partial charge on any atom is 0.322 e. The molecule has 0 spiro atoms. The average molecular weight is 559 g/mol. The lowest BCUT2D eigenvalue weighted by Gasteiger charge is -2.32. The molecular formula is C29H27FN6O5. The van der Waals surface area contributed by atoms with Gasteiger partial charge in [-0.1, -0.05) is 6.92 Å². The molecule has 3 aromatic heterocycles. The standard InChI is InChI=1S/C29H27FN6O5/c1-17(16-37)14-35-15-25(38)34-28-27(35)23(11-12-31-28)41-21-8-10-24(32-13-21)33-29(39)22-9-3-18(2)26(36(22)40)19-4-6-20(30)7-5-19/h3-13,17,37H,14-16H2,1-2H3,(H,31,34,38)(H,32,33,39)/t17-/m0/s1. The Morgan fingerprint density at radius 2 is 1.98 bits per heavy atom. The number of rotatable bonds is 8. The molecule has 0 unspecified atom stereocenters. The first-order valence-corrected chi connectivity index (χ1v) is 12.8. The van der Waals surface area contributed by atoms with E-state index in [1.165, 1.54) is 48.8 Å². The third-order valence-electron chi connectivity index (χ3n) is 6.48. The van der Waals surface area contributed by atoms with E-state index < -0.39 is 11.7 Å². The molecule has 0 fully saturated rings. The molecule has 1 aliphatic rings. The Morgan fingerprint density at radius 1 is 1.20 bits per heavy atom. The number of carbonyl (C=O) groups excluding carboxylic acids is 2. The first-order valence-electron chi connectivity index (χ1n) is 12.8. The van der Waals surface area contributed by atoms with Crippen molar-refractivity contribution in [3.8, 4) is 22.8 Å². The quantitative estimate of drug-likeness (QED) is 0.220. The number of hydrogen-bond donors (Lipinski definition) is 3. The Labute approximate surface area is 234 Å². The molecule has 1 aliphatic heterocycles. The van der Waals surface area contributed by atoms with Gasteiger partial charge < -0.3 is 30.6 Å². The van der Waals surface area contributed by atoms with Gasteiger partial charge in [-0.15, -0.1) is 0 Å². The van der Waals surface area contributed by atoms with E-state index in [4.69, 9.17) is 4.74 Å². The molecule has 41 heavy (non-hydrogen) atoms. The van der Waals surface area contributed by atoms with Crippen molar-refractivity contribution in [3.63, 3.8) is 0 Å². The largest absolute Gasteiger partial charge is 0.618 e.